The highest BCUT2D eigenvalue weighted by atomic mass is 35.5. The zero-order valence-corrected chi connectivity index (χ0v) is 12.8. The van der Waals surface area contributed by atoms with Crippen molar-refractivity contribution in [2.75, 3.05) is 33.3 Å². The fraction of sp³-hybridized carbons (Fsp3) is 0.600. The Hall–Kier alpha value is -0.680. The molecule has 0 bridgehead atoms. The molecule has 2 atom stereocenters. The zero-order valence-electron chi connectivity index (χ0n) is 12.0. The van der Waals surface area contributed by atoms with Crippen molar-refractivity contribution < 1.29 is 9.13 Å². The van der Waals surface area contributed by atoms with Gasteiger partial charge < -0.3 is 10.1 Å². The Morgan fingerprint density at radius 3 is 2.95 bits per heavy atom. The Morgan fingerprint density at radius 2 is 2.25 bits per heavy atom. The zero-order chi connectivity index (χ0) is 14.5. The molecule has 0 radical (unpaired) electrons. The summed E-state index contributed by atoms with van der Waals surface area (Å²) in [5.74, 6) is -0.299. The fourth-order valence-corrected chi connectivity index (χ4v) is 2.90. The van der Waals surface area contributed by atoms with Crippen LogP contribution < -0.4 is 5.32 Å². The second-order valence-electron chi connectivity index (χ2n) is 5.24. The number of benzene rings is 1. The monoisotopic (exact) mass is 300 g/mol. The lowest BCUT2D eigenvalue weighted by Crippen LogP contribution is -2.47. The summed E-state index contributed by atoms with van der Waals surface area (Å²) in [5, 5.41) is 3.81. The molecule has 1 aromatic rings. The van der Waals surface area contributed by atoms with Crippen molar-refractivity contribution in [3.05, 3.63) is 34.6 Å². The van der Waals surface area contributed by atoms with E-state index < -0.39 is 0 Å². The van der Waals surface area contributed by atoms with Crippen molar-refractivity contribution in [2.24, 2.45) is 0 Å². The number of morpholine rings is 1. The Balaban J connectivity index is 2.18. The van der Waals surface area contributed by atoms with Gasteiger partial charge in [-0.1, -0.05) is 18.5 Å². The van der Waals surface area contributed by atoms with Crippen LogP contribution >= 0.6 is 11.6 Å². The molecule has 0 spiro atoms. The van der Waals surface area contributed by atoms with Gasteiger partial charge in [0.2, 0.25) is 0 Å². The van der Waals surface area contributed by atoms with Crippen LogP contribution in [0.1, 0.15) is 24.9 Å². The molecule has 0 aliphatic carbocycles. The van der Waals surface area contributed by atoms with Gasteiger partial charge in [-0.15, -0.1) is 0 Å². The normalized spacial score (nSPS) is 24.0. The van der Waals surface area contributed by atoms with E-state index in [0.717, 1.165) is 31.6 Å². The van der Waals surface area contributed by atoms with E-state index in [1.54, 1.807) is 6.07 Å². The lowest BCUT2D eigenvalue weighted by Gasteiger charge is -2.39. The molecule has 2 unspecified atom stereocenters. The maximum atomic E-state index is 13.6. The van der Waals surface area contributed by atoms with E-state index in [9.17, 15) is 4.39 Å². The smallest absolute Gasteiger partial charge is 0.125 e. The van der Waals surface area contributed by atoms with Gasteiger partial charge in [0.1, 0.15) is 5.82 Å². The SMILES string of the molecule is CCCNCC1OCCN(C)C1c1cc(F)cc(Cl)c1. The van der Waals surface area contributed by atoms with Crippen LogP contribution in [-0.4, -0.2) is 44.3 Å². The highest BCUT2D eigenvalue weighted by Crippen LogP contribution is 2.30. The molecule has 0 saturated carbocycles. The predicted octanol–water partition coefficient (Wildman–Crippen LogP) is 2.85. The second-order valence-corrected chi connectivity index (χ2v) is 5.68. The number of nitrogens with zero attached hydrogens (tertiary/aromatic N) is 1. The number of hydrogen-bond acceptors (Lipinski definition) is 3. The van der Waals surface area contributed by atoms with Crippen LogP contribution in [0.25, 0.3) is 0 Å². The molecule has 0 aromatic heterocycles. The summed E-state index contributed by atoms with van der Waals surface area (Å²) in [7, 11) is 2.04. The number of hydrogen-bond donors (Lipinski definition) is 1. The molecular weight excluding hydrogens is 279 g/mol. The third kappa shape index (κ3) is 3.92. The Labute approximate surface area is 125 Å². The third-order valence-corrected chi connectivity index (χ3v) is 3.82. The average molecular weight is 301 g/mol. The summed E-state index contributed by atoms with van der Waals surface area (Å²) in [6.07, 6.45) is 1.09. The van der Waals surface area contributed by atoms with Gasteiger partial charge in [-0.05, 0) is 43.8 Å². The lowest BCUT2D eigenvalue weighted by molar-refractivity contribution is -0.0613. The summed E-state index contributed by atoms with van der Waals surface area (Å²) >= 11 is 5.98. The van der Waals surface area contributed by atoms with E-state index in [4.69, 9.17) is 16.3 Å². The lowest BCUT2D eigenvalue weighted by atomic mass is 9.98. The van der Waals surface area contributed by atoms with Crippen LogP contribution in [0.5, 0.6) is 0 Å². The van der Waals surface area contributed by atoms with Crippen molar-refractivity contribution in [1.82, 2.24) is 10.2 Å². The van der Waals surface area contributed by atoms with Crippen molar-refractivity contribution >= 4 is 11.6 Å². The largest absolute Gasteiger partial charge is 0.374 e. The van der Waals surface area contributed by atoms with Gasteiger partial charge in [-0.25, -0.2) is 4.39 Å². The minimum Gasteiger partial charge on any atom is -0.374 e. The third-order valence-electron chi connectivity index (χ3n) is 3.60. The molecule has 1 aromatic carbocycles. The highest BCUT2D eigenvalue weighted by molar-refractivity contribution is 6.30. The number of ether oxygens (including phenoxy) is 1. The molecule has 1 N–H and O–H groups in total. The average Bonchev–Trinajstić information content (AvgIpc) is 2.38. The summed E-state index contributed by atoms with van der Waals surface area (Å²) in [4.78, 5) is 2.20. The number of likely N-dealkylation sites (N-methyl/N-ethyl adjacent to an activating group) is 1. The van der Waals surface area contributed by atoms with Crippen molar-refractivity contribution in [3.8, 4) is 0 Å². The first kappa shape index (κ1) is 15.7. The maximum absolute atomic E-state index is 13.6. The van der Waals surface area contributed by atoms with Gasteiger partial charge in [0, 0.05) is 18.1 Å². The van der Waals surface area contributed by atoms with Gasteiger partial charge in [0.25, 0.3) is 0 Å². The molecule has 1 fully saturated rings. The van der Waals surface area contributed by atoms with Gasteiger partial charge in [-0.3, -0.25) is 4.90 Å². The van der Waals surface area contributed by atoms with Crippen molar-refractivity contribution in [3.63, 3.8) is 0 Å². The molecule has 1 aliphatic heterocycles. The van der Waals surface area contributed by atoms with E-state index in [0.29, 0.717) is 11.6 Å². The summed E-state index contributed by atoms with van der Waals surface area (Å²) in [6.45, 7) is 5.39. The van der Waals surface area contributed by atoms with E-state index in [1.165, 1.54) is 6.07 Å². The van der Waals surface area contributed by atoms with Crippen molar-refractivity contribution in [2.45, 2.75) is 25.5 Å². The van der Waals surface area contributed by atoms with E-state index in [2.05, 4.69) is 17.1 Å². The van der Waals surface area contributed by atoms with Crippen LogP contribution in [0.3, 0.4) is 0 Å². The van der Waals surface area contributed by atoms with Gasteiger partial charge in [0.05, 0.1) is 18.8 Å². The number of halogens is 2. The summed E-state index contributed by atoms with van der Waals surface area (Å²) in [5.41, 5.74) is 0.875. The van der Waals surface area contributed by atoms with Gasteiger partial charge in [0.15, 0.2) is 0 Å². The molecule has 1 saturated heterocycles. The minimum atomic E-state index is -0.299. The molecule has 0 amide bonds. The van der Waals surface area contributed by atoms with Crippen LogP contribution in [0.4, 0.5) is 4.39 Å². The fourth-order valence-electron chi connectivity index (χ4n) is 2.67. The quantitative estimate of drug-likeness (QED) is 0.846. The van der Waals surface area contributed by atoms with Crippen LogP contribution in [-0.2, 0) is 4.74 Å². The Morgan fingerprint density at radius 1 is 1.45 bits per heavy atom. The van der Waals surface area contributed by atoms with Crippen LogP contribution in [0.2, 0.25) is 5.02 Å². The molecule has 1 aliphatic rings. The second kappa shape index (κ2) is 7.36. The minimum absolute atomic E-state index is 0.0122. The molecule has 20 heavy (non-hydrogen) atoms. The standard InChI is InChI=1S/C15H22ClFN2O/c1-3-4-18-10-14-15(19(2)5-6-20-14)11-7-12(16)9-13(17)8-11/h7-9,14-15,18H,3-6,10H2,1-2H3. The molecular formula is C15H22ClFN2O. The number of rotatable bonds is 5. The van der Waals surface area contributed by atoms with Gasteiger partial charge >= 0.3 is 0 Å². The summed E-state index contributed by atoms with van der Waals surface area (Å²) < 4.78 is 19.5. The molecule has 112 valence electrons. The Kier molecular flexibility index (Phi) is 5.78. The highest BCUT2D eigenvalue weighted by Gasteiger charge is 2.31. The van der Waals surface area contributed by atoms with Crippen LogP contribution in [0, 0.1) is 5.82 Å². The van der Waals surface area contributed by atoms with E-state index in [-0.39, 0.29) is 18.0 Å². The topological polar surface area (TPSA) is 24.5 Å². The predicted molar refractivity (Wildman–Crippen MR) is 79.7 cm³/mol. The maximum Gasteiger partial charge on any atom is 0.125 e. The van der Waals surface area contributed by atoms with Crippen LogP contribution in [0.15, 0.2) is 18.2 Å². The molecule has 5 heteroatoms. The first-order valence-corrected chi connectivity index (χ1v) is 7.48. The molecule has 3 nitrogen and oxygen atoms in total. The van der Waals surface area contributed by atoms with Crippen molar-refractivity contribution in [1.29, 1.82) is 0 Å². The Bertz CT molecular complexity index is 424. The first-order chi connectivity index (χ1) is 9.61. The summed E-state index contributed by atoms with van der Waals surface area (Å²) in [6, 6.07) is 4.74. The van der Waals surface area contributed by atoms with E-state index >= 15 is 0 Å². The van der Waals surface area contributed by atoms with E-state index in [1.807, 2.05) is 13.1 Å². The first-order valence-electron chi connectivity index (χ1n) is 7.10. The van der Waals surface area contributed by atoms with Gasteiger partial charge in [-0.2, -0.15) is 0 Å². The number of nitrogens with one attached hydrogen (secondary N) is 1. The molecule has 1 heterocycles. The molecule has 2 rings (SSSR count).